The fraction of sp³-hybridized carbons (Fsp3) is 0.250. The number of para-hydroxylation sites is 1. The summed E-state index contributed by atoms with van der Waals surface area (Å²) in [5.74, 6) is 5.32. The summed E-state index contributed by atoms with van der Waals surface area (Å²) in [5.41, 5.74) is 3.72. The fourth-order valence-corrected chi connectivity index (χ4v) is 3.03. The molecule has 1 aromatic heterocycles. The Bertz CT molecular complexity index is 681. The van der Waals surface area contributed by atoms with Crippen molar-refractivity contribution < 1.29 is 8.42 Å². The third kappa shape index (κ3) is 3.35. The topological polar surface area (TPSA) is 102 Å². The number of aryl methyl sites for hydroxylation is 1. The number of nitrogens with two attached hydrogens (primary N) is 1. The second-order valence-electron chi connectivity index (χ2n) is 4.31. The number of hydrogen-bond acceptors (Lipinski definition) is 5. The molecule has 0 saturated heterocycles. The van der Waals surface area contributed by atoms with Gasteiger partial charge in [0.25, 0.3) is 0 Å². The number of nitrogens with zero attached hydrogens (tertiary/aromatic N) is 2. The van der Waals surface area contributed by atoms with Crippen molar-refractivity contribution in [3.05, 3.63) is 42.2 Å². The third-order valence-corrected chi connectivity index (χ3v) is 4.32. The van der Waals surface area contributed by atoms with Crippen molar-refractivity contribution in [1.29, 1.82) is 0 Å². The van der Waals surface area contributed by atoms with Gasteiger partial charge in [0.05, 0.1) is 11.9 Å². The number of sulfonamides is 1. The molecule has 7 nitrogen and oxygen atoms in total. The quantitative estimate of drug-likeness (QED) is 0.523. The number of aromatic nitrogens is 2. The maximum absolute atomic E-state index is 12.2. The van der Waals surface area contributed by atoms with E-state index in [0.29, 0.717) is 18.7 Å². The number of nitrogens with one attached hydrogen (secondary N) is 2. The summed E-state index contributed by atoms with van der Waals surface area (Å²) in [7, 11) is -1.77. The average molecular weight is 295 g/mol. The number of hydrazine groups is 1. The van der Waals surface area contributed by atoms with Crippen LogP contribution in [-0.4, -0.2) is 24.7 Å². The van der Waals surface area contributed by atoms with Gasteiger partial charge >= 0.3 is 0 Å². The molecule has 4 N–H and O–H groups in total. The van der Waals surface area contributed by atoms with Gasteiger partial charge in [-0.15, -0.1) is 0 Å². The molecule has 2 aromatic rings. The highest BCUT2D eigenvalue weighted by Crippen LogP contribution is 2.19. The van der Waals surface area contributed by atoms with Crippen LogP contribution in [0.3, 0.4) is 0 Å². The van der Waals surface area contributed by atoms with Gasteiger partial charge in [-0.2, -0.15) is 5.10 Å². The monoisotopic (exact) mass is 295 g/mol. The SMILES string of the molecule is Cn1cc(CCNS(=O)(=O)c2ccccc2NN)cn1. The lowest BCUT2D eigenvalue weighted by Crippen LogP contribution is -2.27. The summed E-state index contributed by atoms with van der Waals surface area (Å²) in [4.78, 5) is 0.133. The first kappa shape index (κ1) is 14.5. The minimum atomic E-state index is -3.59. The Hall–Kier alpha value is -1.90. The molecule has 20 heavy (non-hydrogen) atoms. The van der Waals surface area contributed by atoms with Crippen molar-refractivity contribution >= 4 is 15.7 Å². The largest absolute Gasteiger partial charge is 0.323 e. The van der Waals surface area contributed by atoms with E-state index < -0.39 is 10.0 Å². The van der Waals surface area contributed by atoms with Crippen LogP contribution in [0.5, 0.6) is 0 Å². The smallest absolute Gasteiger partial charge is 0.242 e. The van der Waals surface area contributed by atoms with Gasteiger partial charge in [0.1, 0.15) is 4.90 Å². The Morgan fingerprint density at radius 3 is 2.75 bits per heavy atom. The summed E-state index contributed by atoms with van der Waals surface area (Å²) in [6.45, 7) is 0.299. The summed E-state index contributed by atoms with van der Waals surface area (Å²) in [6, 6.07) is 6.47. The maximum Gasteiger partial charge on any atom is 0.242 e. The summed E-state index contributed by atoms with van der Waals surface area (Å²) in [5, 5.41) is 4.03. The molecule has 0 atom stereocenters. The predicted molar refractivity (Wildman–Crippen MR) is 76.4 cm³/mol. The van der Waals surface area contributed by atoms with Crippen LogP contribution in [0.1, 0.15) is 5.56 Å². The number of nitrogen functional groups attached to an aromatic ring is 1. The number of hydrogen-bond donors (Lipinski definition) is 3. The van der Waals surface area contributed by atoms with Crippen LogP contribution >= 0.6 is 0 Å². The Balaban J connectivity index is 2.04. The lowest BCUT2D eigenvalue weighted by atomic mass is 10.3. The van der Waals surface area contributed by atoms with Crippen molar-refractivity contribution in [2.24, 2.45) is 12.9 Å². The van der Waals surface area contributed by atoms with Crippen LogP contribution in [0.4, 0.5) is 5.69 Å². The van der Waals surface area contributed by atoms with Crippen LogP contribution in [0.25, 0.3) is 0 Å². The molecule has 0 saturated carbocycles. The van der Waals surface area contributed by atoms with Gasteiger partial charge in [-0.25, -0.2) is 13.1 Å². The molecule has 0 aliphatic heterocycles. The van der Waals surface area contributed by atoms with Gasteiger partial charge in [-0.05, 0) is 24.1 Å². The van der Waals surface area contributed by atoms with Gasteiger partial charge in [0, 0.05) is 19.8 Å². The van der Waals surface area contributed by atoms with E-state index in [2.05, 4.69) is 15.2 Å². The summed E-state index contributed by atoms with van der Waals surface area (Å²) in [6.07, 6.45) is 4.14. The molecule has 0 spiro atoms. The minimum absolute atomic E-state index is 0.133. The van der Waals surface area contributed by atoms with Crippen LogP contribution in [-0.2, 0) is 23.5 Å². The molecule has 0 bridgehead atoms. The first-order chi connectivity index (χ1) is 9.53. The molecule has 1 heterocycles. The molecule has 8 heteroatoms. The molecule has 2 rings (SSSR count). The molecular formula is C12H17N5O2S. The standard InChI is InChI=1S/C12H17N5O2S/c1-17-9-10(8-14-17)6-7-15-20(18,19)12-5-3-2-4-11(12)16-13/h2-5,8-9,15-16H,6-7,13H2,1H3. The predicted octanol–water partition coefficient (Wildman–Crippen LogP) is 0.227. The number of benzene rings is 1. The van der Waals surface area contributed by atoms with E-state index in [0.717, 1.165) is 5.56 Å². The highest BCUT2D eigenvalue weighted by Gasteiger charge is 2.17. The molecule has 0 unspecified atom stereocenters. The fourth-order valence-electron chi connectivity index (χ4n) is 1.83. The zero-order valence-corrected chi connectivity index (χ0v) is 11.9. The highest BCUT2D eigenvalue weighted by atomic mass is 32.2. The van der Waals surface area contributed by atoms with Crippen LogP contribution in [0, 0.1) is 0 Å². The van der Waals surface area contributed by atoms with Gasteiger partial charge < -0.3 is 5.43 Å². The molecule has 0 aliphatic rings. The van der Waals surface area contributed by atoms with E-state index in [4.69, 9.17) is 5.84 Å². The Morgan fingerprint density at radius 1 is 1.35 bits per heavy atom. The third-order valence-electron chi connectivity index (χ3n) is 2.80. The maximum atomic E-state index is 12.2. The van der Waals surface area contributed by atoms with Gasteiger partial charge in [-0.1, -0.05) is 12.1 Å². The van der Waals surface area contributed by atoms with E-state index in [1.54, 1.807) is 29.1 Å². The van der Waals surface area contributed by atoms with E-state index in [1.165, 1.54) is 6.07 Å². The molecule has 1 aromatic carbocycles. The van der Waals surface area contributed by atoms with Crippen molar-refractivity contribution in [1.82, 2.24) is 14.5 Å². The second-order valence-corrected chi connectivity index (χ2v) is 6.05. The van der Waals surface area contributed by atoms with Crippen LogP contribution in [0.2, 0.25) is 0 Å². The van der Waals surface area contributed by atoms with Gasteiger partial charge in [0.15, 0.2) is 0 Å². The lowest BCUT2D eigenvalue weighted by Gasteiger charge is -2.10. The Labute approximate surface area is 117 Å². The van der Waals surface area contributed by atoms with E-state index in [9.17, 15) is 8.42 Å². The van der Waals surface area contributed by atoms with Crippen molar-refractivity contribution in [3.8, 4) is 0 Å². The van der Waals surface area contributed by atoms with Crippen molar-refractivity contribution in [2.45, 2.75) is 11.3 Å². The number of anilines is 1. The summed E-state index contributed by atoms with van der Waals surface area (Å²) < 4.78 is 28.6. The minimum Gasteiger partial charge on any atom is -0.323 e. The number of rotatable bonds is 6. The normalized spacial score (nSPS) is 11.5. The lowest BCUT2D eigenvalue weighted by molar-refractivity contribution is 0.582. The molecule has 108 valence electrons. The Morgan fingerprint density at radius 2 is 2.10 bits per heavy atom. The zero-order chi connectivity index (χ0) is 14.6. The molecular weight excluding hydrogens is 278 g/mol. The molecule has 0 aliphatic carbocycles. The first-order valence-electron chi connectivity index (χ1n) is 6.06. The van der Waals surface area contributed by atoms with E-state index >= 15 is 0 Å². The average Bonchev–Trinajstić information content (AvgIpc) is 2.84. The van der Waals surface area contributed by atoms with Crippen LogP contribution < -0.4 is 16.0 Å². The van der Waals surface area contributed by atoms with Gasteiger partial charge in [-0.3, -0.25) is 10.5 Å². The second kappa shape index (κ2) is 6.04. The van der Waals surface area contributed by atoms with Gasteiger partial charge in [0.2, 0.25) is 10.0 Å². The van der Waals surface area contributed by atoms with E-state index in [-0.39, 0.29) is 4.90 Å². The Kier molecular flexibility index (Phi) is 4.38. The van der Waals surface area contributed by atoms with Crippen molar-refractivity contribution in [3.63, 3.8) is 0 Å². The molecule has 0 radical (unpaired) electrons. The highest BCUT2D eigenvalue weighted by molar-refractivity contribution is 7.89. The molecule has 0 amide bonds. The first-order valence-corrected chi connectivity index (χ1v) is 7.54. The molecule has 0 fully saturated rings. The van der Waals surface area contributed by atoms with Crippen LogP contribution in [0.15, 0.2) is 41.6 Å². The van der Waals surface area contributed by atoms with E-state index in [1.807, 2.05) is 13.2 Å². The zero-order valence-electron chi connectivity index (χ0n) is 11.1. The van der Waals surface area contributed by atoms with Crippen molar-refractivity contribution in [2.75, 3.05) is 12.0 Å². The summed E-state index contributed by atoms with van der Waals surface area (Å²) >= 11 is 0.